The molecule has 0 bridgehead atoms. The molecule has 0 aliphatic carbocycles. The van der Waals surface area contributed by atoms with Crippen LogP contribution in [0.2, 0.25) is 0 Å². The number of amides is 1. The predicted octanol–water partition coefficient (Wildman–Crippen LogP) is 2.24. The van der Waals surface area contributed by atoms with Crippen molar-refractivity contribution in [2.75, 3.05) is 5.75 Å². The summed E-state index contributed by atoms with van der Waals surface area (Å²) in [6.45, 7) is 4.28. The van der Waals surface area contributed by atoms with Crippen LogP contribution in [-0.4, -0.2) is 48.4 Å². The van der Waals surface area contributed by atoms with E-state index in [1.807, 2.05) is 11.9 Å². The van der Waals surface area contributed by atoms with Gasteiger partial charge in [-0.05, 0) is 33.1 Å². The lowest BCUT2D eigenvalue weighted by molar-refractivity contribution is -0.134. The van der Waals surface area contributed by atoms with E-state index in [2.05, 4.69) is 28.9 Å². The van der Waals surface area contributed by atoms with Crippen LogP contribution in [0.15, 0.2) is 17.6 Å². The van der Waals surface area contributed by atoms with Crippen LogP contribution in [-0.2, 0) is 11.8 Å². The Kier molecular flexibility index (Phi) is 4.33. The molecule has 0 saturated carbocycles. The van der Waals surface area contributed by atoms with Crippen LogP contribution in [0, 0.1) is 0 Å². The number of fused-ring (bicyclic) bond motifs is 1. The molecule has 2 aromatic rings. The molecular weight excluding hydrogens is 298 g/mol. The first kappa shape index (κ1) is 15.3. The quantitative estimate of drug-likeness (QED) is 0.641. The summed E-state index contributed by atoms with van der Waals surface area (Å²) in [5.41, 5.74) is 0.796. The highest BCUT2D eigenvalue weighted by Gasteiger charge is 2.28. The monoisotopic (exact) mass is 319 g/mol. The Bertz CT molecular complexity index is 676. The normalized spacial score (nSPS) is 22.2. The summed E-state index contributed by atoms with van der Waals surface area (Å²) in [7, 11) is 1.85. The molecule has 2 unspecified atom stereocenters. The van der Waals surface area contributed by atoms with Gasteiger partial charge in [0.2, 0.25) is 5.91 Å². The van der Waals surface area contributed by atoms with E-state index in [1.54, 1.807) is 10.9 Å². The third kappa shape index (κ3) is 2.82. The summed E-state index contributed by atoms with van der Waals surface area (Å²) in [4.78, 5) is 23.1. The lowest BCUT2D eigenvalue weighted by Gasteiger charge is -2.39. The Balaban J connectivity index is 1.72. The van der Waals surface area contributed by atoms with Crippen molar-refractivity contribution in [1.29, 1.82) is 0 Å². The van der Waals surface area contributed by atoms with E-state index in [4.69, 9.17) is 0 Å². The molecule has 1 saturated heterocycles. The molecule has 6 nitrogen and oxygen atoms in total. The van der Waals surface area contributed by atoms with Crippen molar-refractivity contribution in [3.8, 4) is 0 Å². The highest BCUT2D eigenvalue weighted by Crippen LogP contribution is 2.27. The number of aromatic nitrogens is 4. The first-order valence-corrected chi connectivity index (χ1v) is 8.63. The molecule has 2 atom stereocenters. The molecule has 0 aromatic carbocycles. The fourth-order valence-electron chi connectivity index (χ4n) is 3.17. The van der Waals surface area contributed by atoms with E-state index < -0.39 is 0 Å². The molecule has 0 radical (unpaired) electrons. The number of rotatable bonds is 3. The Morgan fingerprint density at radius 1 is 1.32 bits per heavy atom. The molecule has 1 aliphatic heterocycles. The van der Waals surface area contributed by atoms with Crippen LogP contribution in [0.25, 0.3) is 11.0 Å². The van der Waals surface area contributed by atoms with Crippen molar-refractivity contribution in [3.05, 3.63) is 12.5 Å². The maximum atomic E-state index is 12.6. The largest absolute Gasteiger partial charge is 0.337 e. The third-order valence-corrected chi connectivity index (χ3v) is 5.30. The number of nitrogens with zero attached hydrogens (tertiary/aromatic N) is 5. The number of carbonyl (C=O) groups excluding carboxylic acids is 1. The average molecular weight is 319 g/mol. The van der Waals surface area contributed by atoms with Gasteiger partial charge in [0, 0.05) is 19.1 Å². The van der Waals surface area contributed by atoms with Gasteiger partial charge in [-0.15, -0.1) is 0 Å². The molecule has 2 aromatic heterocycles. The van der Waals surface area contributed by atoms with Crippen molar-refractivity contribution in [2.24, 2.45) is 7.05 Å². The van der Waals surface area contributed by atoms with E-state index in [-0.39, 0.29) is 5.91 Å². The van der Waals surface area contributed by atoms with Crippen LogP contribution in [0.1, 0.15) is 33.1 Å². The van der Waals surface area contributed by atoms with Crippen molar-refractivity contribution < 1.29 is 4.79 Å². The molecule has 0 N–H and O–H groups in total. The zero-order valence-corrected chi connectivity index (χ0v) is 14.0. The minimum Gasteiger partial charge on any atom is -0.337 e. The SMILES string of the molecule is CC1CCCC(C)N1C(=O)CSc1ncnc2c1cnn2C. The molecule has 22 heavy (non-hydrogen) atoms. The van der Waals surface area contributed by atoms with Gasteiger partial charge in [0.05, 0.1) is 17.3 Å². The minimum atomic E-state index is 0.195. The molecule has 1 fully saturated rings. The van der Waals surface area contributed by atoms with Gasteiger partial charge in [-0.2, -0.15) is 5.10 Å². The standard InChI is InChI=1S/C15H21N5OS/c1-10-5-4-6-11(2)20(10)13(21)8-22-15-12-7-18-19(3)14(12)16-9-17-15/h7,9-11H,4-6,8H2,1-3H3. The number of likely N-dealkylation sites (tertiary alicyclic amines) is 1. The van der Waals surface area contributed by atoms with Crippen LogP contribution in [0.3, 0.4) is 0 Å². The number of piperidine rings is 1. The lowest BCUT2D eigenvalue weighted by Crippen LogP contribution is -2.48. The number of carbonyl (C=O) groups is 1. The van der Waals surface area contributed by atoms with Crippen LogP contribution < -0.4 is 0 Å². The zero-order chi connectivity index (χ0) is 15.7. The van der Waals surface area contributed by atoms with E-state index in [0.29, 0.717) is 17.8 Å². The Morgan fingerprint density at radius 3 is 2.77 bits per heavy atom. The summed E-state index contributed by atoms with van der Waals surface area (Å²) < 4.78 is 1.72. The number of hydrogen-bond donors (Lipinski definition) is 0. The molecule has 1 amide bonds. The molecular formula is C15H21N5OS. The highest BCUT2D eigenvalue weighted by molar-refractivity contribution is 8.00. The fourth-order valence-corrected chi connectivity index (χ4v) is 4.00. The number of aryl methyl sites for hydroxylation is 1. The first-order chi connectivity index (χ1) is 10.6. The van der Waals surface area contributed by atoms with Gasteiger partial charge in [0.15, 0.2) is 5.65 Å². The summed E-state index contributed by atoms with van der Waals surface area (Å²) in [5, 5.41) is 5.93. The zero-order valence-electron chi connectivity index (χ0n) is 13.2. The van der Waals surface area contributed by atoms with Gasteiger partial charge >= 0.3 is 0 Å². The Hall–Kier alpha value is -1.63. The van der Waals surface area contributed by atoms with Crippen LogP contribution in [0.5, 0.6) is 0 Å². The lowest BCUT2D eigenvalue weighted by atomic mass is 9.98. The van der Waals surface area contributed by atoms with Gasteiger partial charge < -0.3 is 4.90 Å². The second-order valence-corrected chi connectivity index (χ2v) is 6.87. The van der Waals surface area contributed by atoms with Gasteiger partial charge in [-0.1, -0.05) is 11.8 Å². The Labute approximate surface area is 134 Å². The van der Waals surface area contributed by atoms with E-state index >= 15 is 0 Å². The molecule has 1 aliphatic rings. The maximum absolute atomic E-state index is 12.6. The number of hydrogen-bond acceptors (Lipinski definition) is 5. The highest BCUT2D eigenvalue weighted by atomic mass is 32.2. The summed E-state index contributed by atoms with van der Waals surface area (Å²) >= 11 is 1.47. The van der Waals surface area contributed by atoms with E-state index in [0.717, 1.165) is 28.9 Å². The van der Waals surface area contributed by atoms with Crippen molar-refractivity contribution >= 4 is 28.7 Å². The summed E-state index contributed by atoms with van der Waals surface area (Å²) in [5.74, 6) is 0.607. The first-order valence-electron chi connectivity index (χ1n) is 7.64. The predicted molar refractivity (Wildman–Crippen MR) is 86.6 cm³/mol. The second kappa shape index (κ2) is 6.24. The van der Waals surface area contributed by atoms with Crippen LogP contribution >= 0.6 is 11.8 Å². The Morgan fingerprint density at radius 2 is 2.05 bits per heavy atom. The van der Waals surface area contributed by atoms with Gasteiger partial charge in [0.1, 0.15) is 11.4 Å². The smallest absolute Gasteiger partial charge is 0.233 e. The topological polar surface area (TPSA) is 63.9 Å². The van der Waals surface area contributed by atoms with E-state index in [1.165, 1.54) is 24.5 Å². The molecule has 7 heteroatoms. The minimum absolute atomic E-state index is 0.195. The summed E-state index contributed by atoms with van der Waals surface area (Å²) in [6, 6.07) is 0.668. The van der Waals surface area contributed by atoms with Gasteiger partial charge in [-0.25, -0.2) is 9.97 Å². The van der Waals surface area contributed by atoms with Gasteiger partial charge in [-0.3, -0.25) is 9.48 Å². The van der Waals surface area contributed by atoms with Gasteiger partial charge in [0.25, 0.3) is 0 Å². The van der Waals surface area contributed by atoms with Crippen molar-refractivity contribution in [1.82, 2.24) is 24.6 Å². The molecule has 0 spiro atoms. The fraction of sp³-hybridized carbons (Fsp3) is 0.600. The third-order valence-electron chi connectivity index (χ3n) is 4.31. The average Bonchev–Trinajstić information content (AvgIpc) is 2.87. The summed E-state index contributed by atoms with van der Waals surface area (Å²) in [6.07, 6.45) is 6.70. The van der Waals surface area contributed by atoms with Crippen molar-refractivity contribution in [2.45, 2.75) is 50.2 Å². The van der Waals surface area contributed by atoms with Crippen LogP contribution in [0.4, 0.5) is 0 Å². The molecule has 118 valence electrons. The molecule has 3 rings (SSSR count). The maximum Gasteiger partial charge on any atom is 0.233 e. The second-order valence-electron chi connectivity index (χ2n) is 5.90. The van der Waals surface area contributed by atoms with Crippen molar-refractivity contribution in [3.63, 3.8) is 0 Å². The van der Waals surface area contributed by atoms with E-state index in [9.17, 15) is 4.79 Å². The molecule has 3 heterocycles. The number of thioether (sulfide) groups is 1.